The van der Waals surface area contributed by atoms with Gasteiger partial charge >= 0.3 is 5.96 Å². The van der Waals surface area contributed by atoms with Gasteiger partial charge in [0.2, 0.25) is 0 Å². The van der Waals surface area contributed by atoms with Gasteiger partial charge < -0.3 is 5.73 Å². The maximum Gasteiger partial charge on any atom is 0.343 e. The van der Waals surface area contributed by atoms with E-state index in [4.69, 9.17) is 17.2 Å². The van der Waals surface area contributed by atoms with Crippen molar-refractivity contribution >= 4 is 42.1 Å². The van der Waals surface area contributed by atoms with Crippen LogP contribution in [-0.4, -0.2) is 5.96 Å². The number of rotatable bonds is 1. The first-order chi connectivity index (χ1) is 5.18. The minimum Gasteiger partial charge on any atom is -0.399 e. The first-order valence-corrected chi connectivity index (χ1v) is 3.19. The van der Waals surface area contributed by atoms with Crippen LogP contribution in [0.3, 0.4) is 0 Å². The lowest BCUT2D eigenvalue weighted by Gasteiger charge is -1.92. The Morgan fingerprint density at radius 1 is 1.00 bits per heavy atom. The zero-order chi connectivity index (χ0) is 8.27. The van der Waals surface area contributed by atoms with Crippen LogP contribution in [0.15, 0.2) is 24.3 Å². The second-order valence-corrected chi connectivity index (χ2v) is 2.20. The highest BCUT2D eigenvalue weighted by Crippen LogP contribution is 2.03. The zero-order valence-electron chi connectivity index (χ0n) is 6.86. The smallest absolute Gasteiger partial charge is 0.343 e. The number of nitrogens with two attached hydrogens (primary N) is 3. The molecule has 0 saturated heterocycles. The van der Waals surface area contributed by atoms with Crippen LogP contribution < -0.4 is 22.2 Å². The molecule has 0 unspecified atom stereocenters. The van der Waals surface area contributed by atoms with Gasteiger partial charge in [-0.2, -0.15) is 0 Å². The summed E-state index contributed by atoms with van der Waals surface area (Å²) in [7, 11) is 0. The zero-order valence-corrected chi connectivity index (χ0v) is 8.49. The third-order valence-corrected chi connectivity index (χ3v) is 1.20. The molecule has 0 aliphatic heterocycles. The van der Waals surface area contributed by atoms with E-state index in [1.54, 1.807) is 24.3 Å². The van der Waals surface area contributed by atoms with Crippen LogP contribution >= 0.6 is 24.8 Å². The molecular weight excluding hydrogens is 211 g/mol. The molecule has 0 aliphatic carbocycles. The van der Waals surface area contributed by atoms with E-state index in [9.17, 15) is 0 Å². The number of halogens is 2. The minimum atomic E-state index is 0. The van der Waals surface area contributed by atoms with Crippen molar-refractivity contribution in [3.63, 3.8) is 0 Å². The molecule has 74 valence electrons. The monoisotopic (exact) mass is 223 g/mol. The third-order valence-electron chi connectivity index (χ3n) is 1.20. The highest BCUT2D eigenvalue weighted by Gasteiger charge is 1.90. The summed E-state index contributed by atoms with van der Waals surface area (Å²) in [5, 5.41) is 0. The van der Waals surface area contributed by atoms with E-state index in [2.05, 4.69) is 4.99 Å². The van der Waals surface area contributed by atoms with Gasteiger partial charge in [-0.15, -0.1) is 24.8 Å². The highest BCUT2D eigenvalue weighted by molar-refractivity contribution is 5.85. The van der Waals surface area contributed by atoms with Crippen molar-refractivity contribution in [3.8, 4) is 0 Å². The number of guanidine groups is 1. The van der Waals surface area contributed by atoms with Crippen molar-refractivity contribution in [1.29, 1.82) is 0 Å². The molecule has 0 aromatic heterocycles. The summed E-state index contributed by atoms with van der Waals surface area (Å²) in [4.78, 5) is 2.75. The highest BCUT2D eigenvalue weighted by atomic mass is 35.5. The fourth-order valence-electron chi connectivity index (χ4n) is 0.733. The number of nitrogen functional groups attached to an aromatic ring is 1. The molecule has 0 atom stereocenters. The molecule has 0 aliphatic rings. The third kappa shape index (κ3) is 5.16. The second kappa shape index (κ2) is 6.39. The first kappa shape index (κ1) is 14.4. The molecule has 0 radical (unpaired) electrons. The van der Waals surface area contributed by atoms with Crippen LogP contribution in [0.25, 0.3) is 0 Å². The standard InChI is InChI=1S/C7H10N4.2ClH/c8-5-1-3-6(4-2-5)11-7(9)10;;/h1-4H,8H2,(H4,9,10,11);2*1H/p+1. The lowest BCUT2D eigenvalue weighted by Crippen LogP contribution is -2.72. The van der Waals surface area contributed by atoms with Crippen LogP contribution in [0.2, 0.25) is 0 Å². The number of nitrogens with one attached hydrogen (secondary N) is 1. The van der Waals surface area contributed by atoms with Crippen LogP contribution in [-0.2, 0) is 0 Å². The molecule has 1 aromatic rings. The summed E-state index contributed by atoms with van der Waals surface area (Å²) >= 11 is 0. The van der Waals surface area contributed by atoms with Crippen molar-refractivity contribution < 1.29 is 4.99 Å². The van der Waals surface area contributed by atoms with E-state index in [0.717, 1.165) is 5.69 Å². The predicted octanol–water partition coefficient (Wildman–Crippen LogP) is -0.902. The van der Waals surface area contributed by atoms with E-state index in [1.807, 2.05) is 0 Å². The maximum atomic E-state index is 5.46. The Hall–Kier alpha value is -1.13. The molecular formula is C7H13Cl2N4+. The molecule has 6 heteroatoms. The van der Waals surface area contributed by atoms with E-state index in [-0.39, 0.29) is 30.8 Å². The Kier molecular flexibility index (Phi) is 7.08. The minimum absolute atomic E-state index is 0. The van der Waals surface area contributed by atoms with Gasteiger partial charge in [-0.1, -0.05) is 0 Å². The largest absolute Gasteiger partial charge is 0.399 e. The first-order valence-electron chi connectivity index (χ1n) is 3.19. The van der Waals surface area contributed by atoms with E-state index in [1.165, 1.54) is 0 Å². The van der Waals surface area contributed by atoms with Crippen molar-refractivity contribution in [2.45, 2.75) is 0 Å². The predicted molar refractivity (Wildman–Crippen MR) is 59.4 cm³/mol. The summed E-state index contributed by atoms with van der Waals surface area (Å²) in [6.45, 7) is 0. The quantitative estimate of drug-likeness (QED) is 0.283. The molecule has 0 fully saturated rings. The average molecular weight is 224 g/mol. The Labute approximate surface area is 89.0 Å². The van der Waals surface area contributed by atoms with Gasteiger partial charge in [-0.25, -0.2) is 4.99 Å². The SMILES string of the molecule is Cl.Cl.NC(N)=[NH+]c1ccc(N)cc1. The van der Waals surface area contributed by atoms with Crippen LogP contribution in [0.1, 0.15) is 0 Å². The molecule has 7 N–H and O–H groups in total. The molecule has 4 nitrogen and oxygen atoms in total. The Morgan fingerprint density at radius 2 is 1.46 bits per heavy atom. The van der Waals surface area contributed by atoms with Crippen molar-refractivity contribution in [1.82, 2.24) is 0 Å². The Morgan fingerprint density at radius 3 is 1.85 bits per heavy atom. The molecule has 0 saturated carbocycles. The Bertz CT molecular complexity index is 266. The maximum absolute atomic E-state index is 5.46. The molecule has 0 heterocycles. The lowest BCUT2D eigenvalue weighted by atomic mass is 10.3. The van der Waals surface area contributed by atoms with Crippen molar-refractivity contribution in [2.24, 2.45) is 11.5 Å². The average Bonchev–Trinajstić information content (AvgIpc) is 1.93. The summed E-state index contributed by atoms with van der Waals surface area (Å²) < 4.78 is 0. The topological polar surface area (TPSA) is 92.0 Å². The van der Waals surface area contributed by atoms with Gasteiger partial charge in [-0.05, 0) is 24.3 Å². The summed E-state index contributed by atoms with van der Waals surface area (Å²) in [5.74, 6) is 0.176. The lowest BCUT2D eigenvalue weighted by molar-refractivity contribution is -0.356. The molecule has 13 heavy (non-hydrogen) atoms. The fourth-order valence-corrected chi connectivity index (χ4v) is 0.733. The molecule has 0 bridgehead atoms. The van der Waals surface area contributed by atoms with E-state index < -0.39 is 0 Å². The summed E-state index contributed by atoms with van der Waals surface area (Å²) in [6, 6.07) is 7.14. The normalized spacial score (nSPS) is 7.69. The summed E-state index contributed by atoms with van der Waals surface area (Å²) in [6.07, 6.45) is 0. The fraction of sp³-hybridized carbons (Fsp3) is 0. The number of anilines is 1. The van der Waals surface area contributed by atoms with Gasteiger partial charge in [0.25, 0.3) is 0 Å². The number of hydrogen-bond donors (Lipinski definition) is 4. The van der Waals surface area contributed by atoms with Gasteiger partial charge in [0.15, 0.2) is 0 Å². The number of hydrogen-bond acceptors (Lipinski definition) is 1. The van der Waals surface area contributed by atoms with Crippen LogP contribution in [0.5, 0.6) is 0 Å². The van der Waals surface area contributed by atoms with Crippen LogP contribution in [0.4, 0.5) is 11.4 Å². The Balaban J connectivity index is 0. The summed E-state index contributed by atoms with van der Waals surface area (Å²) in [5.41, 5.74) is 17.4. The van der Waals surface area contributed by atoms with Gasteiger partial charge in [0.05, 0.1) is 5.69 Å². The molecule has 1 rings (SSSR count). The molecule has 0 amide bonds. The van der Waals surface area contributed by atoms with Gasteiger partial charge in [0, 0.05) is 5.69 Å². The van der Waals surface area contributed by atoms with Gasteiger partial charge in [0.1, 0.15) is 0 Å². The molecule has 1 aromatic carbocycles. The van der Waals surface area contributed by atoms with Crippen molar-refractivity contribution in [3.05, 3.63) is 24.3 Å². The van der Waals surface area contributed by atoms with Gasteiger partial charge in [-0.3, -0.25) is 11.5 Å². The van der Waals surface area contributed by atoms with E-state index >= 15 is 0 Å². The molecule has 0 spiro atoms. The second-order valence-electron chi connectivity index (χ2n) is 2.20. The van der Waals surface area contributed by atoms with E-state index in [0.29, 0.717) is 5.69 Å². The van der Waals surface area contributed by atoms with Crippen molar-refractivity contribution in [2.75, 3.05) is 5.73 Å². The number of benzene rings is 1. The van der Waals surface area contributed by atoms with Crippen LogP contribution in [0, 0.1) is 0 Å².